The van der Waals surface area contributed by atoms with Gasteiger partial charge in [-0.25, -0.2) is 0 Å². The average Bonchev–Trinajstić information content (AvgIpc) is 3.43. The fourth-order valence-electron chi connectivity index (χ4n) is 10.9. The number of carbonyl (C=O) groups is 1. The van der Waals surface area contributed by atoms with E-state index >= 15 is 0 Å². The molecular formula is C68H129NO8. The van der Waals surface area contributed by atoms with Gasteiger partial charge in [0.1, 0.15) is 24.4 Å². The van der Waals surface area contributed by atoms with Crippen molar-refractivity contribution < 1.29 is 39.8 Å². The molecule has 454 valence electrons. The van der Waals surface area contributed by atoms with Crippen molar-refractivity contribution in [2.75, 3.05) is 13.2 Å². The standard InChI is InChI=1S/C68H129NO8/c1-3-5-7-9-11-13-15-17-19-21-23-25-26-27-28-29-30-31-32-33-34-35-36-38-40-42-44-46-48-50-52-54-56-58-64(72)69-61(60-76-68-67(75)66(74)65(73)63(59-70)77-68)62(71)57-55-53-51-49-47-45-43-41-39-37-24-22-20-18-16-14-12-10-8-6-4-2/h15,17,21,23,55,57,61-63,65-68,70-71,73-75H,3-14,16,18-20,22,24-54,56,58-60H2,1-2H3,(H,69,72)/b17-15-,23-21-,57-55+. The van der Waals surface area contributed by atoms with Crippen LogP contribution in [-0.4, -0.2) is 87.5 Å². The van der Waals surface area contributed by atoms with Crippen LogP contribution in [0.5, 0.6) is 0 Å². The van der Waals surface area contributed by atoms with Crippen LogP contribution in [0, 0.1) is 0 Å². The highest BCUT2D eigenvalue weighted by Crippen LogP contribution is 2.23. The predicted molar refractivity (Wildman–Crippen MR) is 327 cm³/mol. The number of aliphatic hydroxyl groups excluding tert-OH is 5. The Morgan fingerprint density at radius 1 is 0.442 bits per heavy atom. The summed E-state index contributed by atoms with van der Waals surface area (Å²) < 4.78 is 11.3. The quantitative estimate of drug-likeness (QED) is 0.0261. The number of nitrogens with one attached hydrogen (secondary N) is 1. The van der Waals surface area contributed by atoms with Crippen LogP contribution in [0.15, 0.2) is 36.5 Å². The molecule has 0 saturated carbocycles. The Kier molecular flexibility index (Phi) is 55.0. The van der Waals surface area contributed by atoms with E-state index in [1.54, 1.807) is 6.08 Å². The highest BCUT2D eigenvalue weighted by Gasteiger charge is 2.44. The van der Waals surface area contributed by atoms with Crippen molar-refractivity contribution in [3.63, 3.8) is 0 Å². The van der Waals surface area contributed by atoms with Gasteiger partial charge >= 0.3 is 0 Å². The van der Waals surface area contributed by atoms with Gasteiger partial charge in [0.05, 0.1) is 25.4 Å². The van der Waals surface area contributed by atoms with Crippen LogP contribution in [0.1, 0.15) is 335 Å². The third-order valence-electron chi connectivity index (χ3n) is 16.2. The average molecular weight is 1090 g/mol. The molecule has 0 radical (unpaired) electrons. The van der Waals surface area contributed by atoms with Crippen molar-refractivity contribution in [2.45, 2.75) is 378 Å². The van der Waals surface area contributed by atoms with Crippen molar-refractivity contribution in [1.29, 1.82) is 0 Å². The van der Waals surface area contributed by atoms with E-state index in [0.717, 1.165) is 44.9 Å². The van der Waals surface area contributed by atoms with Crippen molar-refractivity contribution in [3.8, 4) is 0 Å². The Bertz CT molecular complexity index is 1310. The van der Waals surface area contributed by atoms with Crippen LogP contribution >= 0.6 is 0 Å². The number of unbranched alkanes of at least 4 members (excludes halogenated alkanes) is 45. The molecule has 1 aliphatic rings. The van der Waals surface area contributed by atoms with Crippen LogP contribution in [0.2, 0.25) is 0 Å². The summed E-state index contributed by atoms with van der Waals surface area (Å²) in [7, 11) is 0. The number of hydrogen-bond donors (Lipinski definition) is 6. The molecule has 7 unspecified atom stereocenters. The minimum atomic E-state index is -1.57. The van der Waals surface area contributed by atoms with Gasteiger partial charge < -0.3 is 40.3 Å². The molecule has 7 atom stereocenters. The van der Waals surface area contributed by atoms with Crippen molar-refractivity contribution >= 4 is 5.91 Å². The van der Waals surface area contributed by atoms with E-state index in [9.17, 15) is 30.3 Å². The number of allylic oxidation sites excluding steroid dienone is 5. The molecule has 1 fully saturated rings. The van der Waals surface area contributed by atoms with Crippen LogP contribution in [0.4, 0.5) is 0 Å². The second-order valence-electron chi connectivity index (χ2n) is 23.6. The molecule has 1 heterocycles. The molecule has 1 saturated heterocycles. The molecule has 1 aliphatic heterocycles. The molecule has 0 aromatic heterocycles. The third-order valence-corrected chi connectivity index (χ3v) is 16.2. The highest BCUT2D eigenvalue weighted by molar-refractivity contribution is 5.76. The Hall–Kier alpha value is -1.59. The zero-order valence-corrected chi connectivity index (χ0v) is 50.7. The minimum Gasteiger partial charge on any atom is -0.394 e. The summed E-state index contributed by atoms with van der Waals surface area (Å²) in [5, 5.41) is 54.7. The summed E-state index contributed by atoms with van der Waals surface area (Å²) in [6, 6.07) is -0.804. The molecule has 9 heteroatoms. The first-order valence-electron chi connectivity index (χ1n) is 33.7. The molecule has 6 N–H and O–H groups in total. The maximum absolute atomic E-state index is 13.1. The van der Waals surface area contributed by atoms with E-state index in [0.29, 0.717) is 6.42 Å². The van der Waals surface area contributed by atoms with Crippen molar-refractivity contribution in [3.05, 3.63) is 36.5 Å². The summed E-state index contributed by atoms with van der Waals surface area (Å²) in [6.07, 6.45) is 69.5. The summed E-state index contributed by atoms with van der Waals surface area (Å²) in [5.74, 6) is -0.170. The van der Waals surface area contributed by atoms with E-state index in [1.807, 2.05) is 6.08 Å². The summed E-state index contributed by atoms with van der Waals surface area (Å²) in [6.45, 7) is 3.81. The Labute approximate surface area is 476 Å². The molecule has 1 rings (SSSR count). The topological polar surface area (TPSA) is 149 Å². The third kappa shape index (κ3) is 46.7. The molecular weight excluding hydrogens is 959 g/mol. The predicted octanol–water partition coefficient (Wildman–Crippen LogP) is 17.9. The SMILES string of the molecule is CCCCCCC/C=C\C/C=C\CCCCCCCCCCCCCCCCCCCCCCCC(=O)NC(COC1OC(CO)C(O)C(O)C1O)C(O)/C=C/CCCCCCCCCCCCCCCCCCCCC. The lowest BCUT2D eigenvalue weighted by molar-refractivity contribution is -0.302. The largest absolute Gasteiger partial charge is 0.394 e. The maximum Gasteiger partial charge on any atom is 0.220 e. The lowest BCUT2D eigenvalue weighted by Gasteiger charge is -2.40. The molecule has 77 heavy (non-hydrogen) atoms. The fraction of sp³-hybridized carbons (Fsp3) is 0.897. The van der Waals surface area contributed by atoms with Crippen LogP contribution in [-0.2, 0) is 14.3 Å². The smallest absolute Gasteiger partial charge is 0.220 e. The van der Waals surface area contributed by atoms with Gasteiger partial charge in [-0.05, 0) is 51.4 Å². The Morgan fingerprint density at radius 2 is 0.766 bits per heavy atom. The lowest BCUT2D eigenvalue weighted by atomic mass is 9.99. The van der Waals surface area contributed by atoms with E-state index in [4.69, 9.17) is 9.47 Å². The zero-order valence-electron chi connectivity index (χ0n) is 50.7. The lowest BCUT2D eigenvalue weighted by Crippen LogP contribution is -2.60. The number of hydrogen-bond acceptors (Lipinski definition) is 8. The molecule has 0 aromatic carbocycles. The number of amides is 1. The summed E-state index contributed by atoms with van der Waals surface area (Å²) in [5.41, 5.74) is 0. The number of ether oxygens (including phenoxy) is 2. The van der Waals surface area contributed by atoms with Crippen LogP contribution in [0.25, 0.3) is 0 Å². The van der Waals surface area contributed by atoms with Gasteiger partial charge in [0, 0.05) is 6.42 Å². The molecule has 0 aliphatic carbocycles. The minimum absolute atomic E-state index is 0.170. The van der Waals surface area contributed by atoms with E-state index < -0.39 is 49.5 Å². The summed E-state index contributed by atoms with van der Waals surface area (Å²) in [4.78, 5) is 13.1. The van der Waals surface area contributed by atoms with Gasteiger partial charge in [-0.3, -0.25) is 4.79 Å². The zero-order chi connectivity index (χ0) is 55.8. The van der Waals surface area contributed by atoms with Crippen molar-refractivity contribution in [2.24, 2.45) is 0 Å². The molecule has 1 amide bonds. The fourth-order valence-corrected chi connectivity index (χ4v) is 10.9. The van der Waals surface area contributed by atoms with E-state index in [2.05, 4.69) is 43.5 Å². The maximum atomic E-state index is 13.1. The Balaban J connectivity index is 2.11. The van der Waals surface area contributed by atoms with Crippen molar-refractivity contribution in [1.82, 2.24) is 5.32 Å². The number of rotatable bonds is 59. The first-order chi connectivity index (χ1) is 37.8. The summed E-state index contributed by atoms with van der Waals surface area (Å²) >= 11 is 0. The van der Waals surface area contributed by atoms with Gasteiger partial charge in [-0.1, -0.05) is 314 Å². The first kappa shape index (κ1) is 73.4. The number of carbonyl (C=O) groups excluding carboxylic acids is 1. The van der Waals surface area contributed by atoms with E-state index in [-0.39, 0.29) is 12.5 Å². The van der Waals surface area contributed by atoms with Gasteiger partial charge in [0.15, 0.2) is 6.29 Å². The van der Waals surface area contributed by atoms with Gasteiger partial charge in [-0.2, -0.15) is 0 Å². The molecule has 9 nitrogen and oxygen atoms in total. The second-order valence-corrected chi connectivity index (χ2v) is 23.6. The molecule has 0 bridgehead atoms. The highest BCUT2D eigenvalue weighted by atomic mass is 16.7. The monoisotopic (exact) mass is 1090 g/mol. The molecule has 0 aromatic rings. The van der Waals surface area contributed by atoms with Gasteiger partial charge in [0.2, 0.25) is 5.91 Å². The van der Waals surface area contributed by atoms with Gasteiger partial charge in [-0.15, -0.1) is 0 Å². The van der Waals surface area contributed by atoms with Crippen LogP contribution in [0.3, 0.4) is 0 Å². The second kappa shape index (κ2) is 57.6. The Morgan fingerprint density at radius 3 is 1.12 bits per heavy atom. The van der Waals surface area contributed by atoms with Crippen LogP contribution < -0.4 is 5.32 Å². The first-order valence-corrected chi connectivity index (χ1v) is 33.7. The molecule has 0 spiro atoms. The van der Waals surface area contributed by atoms with E-state index in [1.165, 1.54) is 270 Å². The number of aliphatic hydroxyl groups is 5. The van der Waals surface area contributed by atoms with Gasteiger partial charge in [0.25, 0.3) is 0 Å². The normalized spacial score (nSPS) is 18.9.